The first-order chi connectivity index (χ1) is 9.02. The Morgan fingerprint density at radius 1 is 1.05 bits per heavy atom. The highest BCUT2D eigenvalue weighted by Gasteiger charge is 2.11. The van der Waals surface area contributed by atoms with Crippen molar-refractivity contribution in [2.45, 2.75) is 27.4 Å². The molecule has 0 atom stereocenters. The predicted octanol–water partition coefficient (Wildman–Crippen LogP) is 4.55. The van der Waals surface area contributed by atoms with Crippen molar-refractivity contribution in [2.75, 3.05) is 0 Å². The predicted molar refractivity (Wildman–Crippen MR) is 78.1 cm³/mol. The molecule has 3 heteroatoms. The van der Waals surface area contributed by atoms with E-state index >= 15 is 0 Å². The van der Waals surface area contributed by atoms with E-state index in [1.54, 1.807) is 18.2 Å². The molecule has 2 aromatic rings. The van der Waals surface area contributed by atoms with Crippen molar-refractivity contribution >= 4 is 11.6 Å². The lowest BCUT2D eigenvalue weighted by molar-refractivity contribution is 0.276. The van der Waals surface area contributed by atoms with Crippen molar-refractivity contribution in [1.29, 1.82) is 0 Å². The number of aliphatic hydroxyl groups is 1. The molecule has 0 amide bonds. The van der Waals surface area contributed by atoms with Crippen LogP contribution >= 0.6 is 11.6 Å². The van der Waals surface area contributed by atoms with Gasteiger partial charge in [-0.1, -0.05) is 29.8 Å². The Bertz CT molecular complexity index is 606. The number of halogens is 1. The Morgan fingerprint density at radius 3 is 2.42 bits per heavy atom. The monoisotopic (exact) mass is 276 g/mol. The van der Waals surface area contributed by atoms with Crippen LogP contribution in [0.15, 0.2) is 30.3 Å². The van der Waals surface area contributed by atoms with Crippen molar-refractivity contribution < 1.29 is 9.84 Å². The van der Waals surface area contributed by atoms with Gasteiger partial charge < -0.3 is 9.84 Å². The summed E-state index contributed by atoms with van der Waals surface area (Å²) in [6.07, 6.45) is 0. The Balaban J connectivity index is 2.47. The summed E-state index contributed by atoms with van der Waals surface area (Å²) in [5.41, 5.74) is 4.06. The van der Waals surface area contributed by atoms with E-state index in [0.717, 1.165) is 22.4 Å². The zero-order valence-electron chi connectivity index (χ0n) is 11.3. The molecule has 0 fully saturated rings. The third-order valence-electron chi connectivity index (χ3n) is 3.29. The molecule has 19 heavy (non-hydrogen) atoms. The summed E-state index contributed by atoms with van der Waals surface area (Å²) < 4.78 is 5.98. The van der Waals surface area contributed by atoms with Crippen LogP contribution in [-0.2, 0) is 6.61 Å². The number of aliphatic hydroxyl groups excluding tert-OH is 1. The second kappa shape index (κ2) is 5.64. The first-order valence-electron chi connectivity index (χ1n) is 6.17. The molecule has 2 rings (SSSR count). The van der Waals surface area contributed by atoms with E-state index in [2.05, 4.69) is 6.07 Å². The second-order valence-electron chi connectivity index (χ2n) is 4.67. The summed E-state index contributed by atoms with van der Waals surface area (Å²) in [7, 11) is 0. The molecular weight excluding hydrogens is 260 g/mol. The van der Waals surface area contributed by atoms with Gasteiger partial charge >= 0.3 is 0 Å². The third kappa shape index (κ3) is 2.91. The topological polar surface area (TPSA) is 29.5 Å². The summed E-state index contributed by atoms with van der Waals surface area (Å²) >= 11 is 5.99. The van der Waals surface area contributed by atoms with Crippen LogP contribution in [0.25, 0.3) is 0 Å². The number of ether oxygens (including phenoxy) is 1. The molecule has 0 aromatic heterocycles. The average molecular weight is 277 g/mol. The number of benzene rings is 2. The Morgan fingerprint density at radius 2 is 1.74 bits per heavy atom. The van der Waals surface area contributed by atoms with Gasteiger partial charge in [-0.3, -0.25) is 0 Å². The number of hydrogen-bond acceptors (Lipinski definition) is 2. The van der Waals surface area contributed by atoms with Crippen molar-refractivity contribution in [3.05, 3.63) is 57.6 Å². The van der Waals surface area contributed by atoms with E-state index in [4.69, 9.17) is 16.3 Å². The normalized spacial score (nSPS) is 10.6. The van der Waals surface area contributed by atoms with Gasteiger partial charge in [0.15, 0.2) is 0 Å². The Labute approximate surface area is 118 Å². The van der Waals surface area contributed by atoms with E-state index in [-0.39, 0.29) is 6.61 Å². The van der Waals surface area contributed by atoms with Gasteiger partial charge in [0.2, 0.25) is 0 Å². The van der Waals surface area contributed by atoms with Crippen LogP contribution in [0.5, 0.6) is 11.5 Å². The number of rotatable bonds is 3. The zero-order chi connectivity index (χ0) is 14.0. The van der Waals surface area contributed by atoms with E-state index in [1.807, 2.05) is 26.8 Å². The maximum Gasteiger partial charge on any atom is 0.134 e. The van der Waals surface area contributed by atoms with Crippen molar-refractivity contribution in [2.24, 2.45) is 0 Å². The molecule has 0 bridgehead atoms. The molecule has 0 spiro atoms. The molecule has 0 radical (unpaired) electrons. The van der Waals surface area contributed by atoms with Crippen LogP contribution in [0.4, 0.5) is 0 Å². The van der Waals surface area contributed by atoms with E-state index in [0.29, 0.717) is 10.8 Å². The summed E-state index contributed by atoms with van der Waals surface area (Å²) in [6, 6.07) is 9.35. The lowest BCUT2D eigenvalue weighted by Crippen LogP contribution is -1.96. The maximum absolute atomic E-state index is 9.36. The minimum Gasteiger partial charge on any atom is -0.456 e. The minimum absolute atomic E-state index is 0.0730. The fourth-order valence-electron chi connectivity index (χ4n) is 1.95. The van der Waals surface area contributed by atoms with E-state index < -0.39 is 0 Å². The molecule has 0 saturated carbocycles. The molecule has 2 nitrogen and oxygen atoms in total. The second-order valence-corrected chi connectivity index (χ2v) is 5.10. The molecule has 0 aliphatic carbocycles. The Hall–Kier alpha value is -1.51. The molecule has 0 aliphatic heterocycles. The van der Waals surface area contributed by atoms with E-state index in [1.165, 1.54) is 5.56 Å². The fraction of sp³-hybridized carbons (Fsp3) is 0.250. The van der Waals surface area contributed by atoms with Crippen LogP contribution in [0.3, 0.4) is 0 Å². The van der Waals surface area contributed by atoms with Gasteiger partial charge in [0.05, 0.1) is 6.61 Å². The van der Waals surface area contributed by atoms with Crippen LogP contribution in [-0.4, -0.2) is 5.11 Å². The SMILES string of the molecule is Cc1ccc(C)c(Oc2cc(Cl)ccc2CO)c1C. The van der Waals surface area contributed by atoms with Crippen molar-refractivity contribution in [1.82, 2.24) is 0 Å². The highest BCUT2D eigenvalue weighted by molar-refractivity contribution is 6.30. The standard InChI is InChI=1S/C16H17ClO2/c1-10-4-5-11(2)16(12(10)3)19-15-8-14(17)7-6-13(15)9-18/h4-8,18H,9H2,1-3H3. The molecule has 0 heterocycles. The molecule has 0 saturated heterocycles. The average Bonchev–Trinajstić information content (AvgIpc) is 2.39. The molecule has 1 N–H and O–H groups in total. The van der Waals surface area contributed by atoms with Crippen molar-refractivity contribution in [3.8, 4) is 11.5 Å². The van der Waals surface area contributed by atoms with Gasteiger partial charge in [0.25, 0.3) is 0 Å². The first-order valence-corrected chi connectivity index (χ1v) is 6.54. The quantitative estimate of drug-likeness (QED) is 0.891. The summed E-state index contributed by atoms with van der Waals surface area (Å²) in [6.45, 7) is 6.01. The smallest absolute Gasteiger partial charge is 0.134 e. The van der Waals surface area contributed by atoms with Crippen LogP contribution < -0.4 is 4.74 Å². The maximum atomic E-state index is 9.36. The van der Waals surface area contributed by atoms with Gasteiger partial charge in [-0.2, -0.15) is 0 Å². The van der Waals surface area contributed by atoms with Crippen LogP contribution in [0, 0.1) is 20.8 Å². The van der Waals surface area contributed by atoms with Gasteiger partial charge in [-0.15, -0.1) is 0 Å². The van der Waals surface area contributed by atoms with Crippen molar-refractivity contribution in [3.63, 3.8) is 0 Å². The summed E-state index contributed by atoms with van der Waals surface area (Å²) in [5.74, 6) is 1.43. The van der Waals surface area contributed by atoms with Crippen LogP contribution in [0.1, 0.15) is 22.3 Å². The summed E-state index contributed by atoms with van der Waals surface area (Å²) in [5, 5.41) is 9.95. The molecule has 0 unspecified atom stereocenters. The fourth-order valence-corrected chi connectivity index (χ4v) is 2.11. The summed E-state index contributed by atoms with van der Waals surface area (Å²) in [4.78, 5) is 0. The van der Waals surface area contributed by atoms with Gasteiger partial charge in [0, 0.05) is 10.6 Å². The lowest BCUT2D eigenvalue weighted by Gasteiger charge is -2.15. The first kappa shape index (κ1) is 13.9. The minimum atomic E-state index is -0.0730. The zero-order valence-corrected chi connectivity index (χ0v) is 12.1. The van der Waals surface area contributed by atoms with E-state index in [9.17, 15) is 5.11 Å². The lowest BCUT2D eigenvalue weighted by atomic mass is 10.1. The van der Waals surface area contributed by atoms with Gasteiger partial charge in [-0.05, 0) is 49.6 Å². The largest absolute Gasteiger partial charge is 0.456 e. The highest BCUT2D eigenvalue weighted by atomic mass is 35.5. The highest BCUT2D eigenvalue weighted by Crippen LogP contribution is 2.33. The number of hydrogen-bond donors (Lipinski definition) is 1. The van der Waals surface area contributed by atoms with Crippen LogP contribution in [0.2, 0.25) is 5.02 Å². The molecule has 100 valence electrons. The van der Waals surface area contributed by atoms with Gasteiger partial charge in [0.1, 0.15) is 11.5 Å². The molecule has 0 aliphatic rings. The Kier molecular flexibility index (Phi) is 4.13. The molecule has 2 aromatic carbocycles. The molecular formula is C16H17ClO2. The van der Waals surface area contributed by atoms with Gasteiger partial charge in [-0.25, -0.2) is 0 Å². The third-order valence-corrected chi connectivity index (χ3v) is 3.52. The number of aryl methyl sites for hydroxylation is 2.